The van der Waals surface area contributed by atoms with Gasteiger partial charge in [-0.05, 0) is 38.7 Å². The Morgan fingerprint density at radius 3 is 2.70 bits per heavy atom. The molecule has 0 unspecified atom stereocenters. The molecule has 1 amide bonds. The summed E-state index contributed by atoms with van der Waals surface area (Å²) >= 11 is 0. The number of carbonyl (C=O) groups is 1. The molecule has 1 saturated carbocycles. The van der Waals surface area contributed by atoms with Crippen molar-refractivity contribution in [1.82, 2.24) is 44.5 Å². The quantitative estimate of drug-likeness (QED) is 0.314. The lowest BCUT2D eigenvalue weighted by atomic mass is 9.82. The monoisotopic (exact) mass is 608 g/mol. The van der Waals surface area contributed by atoms with E-state index in [9.17, 15) is 23.2 Å². The number of halogens is 3. The van der Waals surface area contributed by atoms with Gasteiger partial charge in [0.05, 0.1) is 24.4 Å². The Hall–Kier alpha value is -4.58. The highest BCUT2D eigenvalue weighted by Gasteiger charge is 2.48. The van der Waals surface area contributed by atoms with Gasteiger partial charge < -0.3 is 14.6 Å². The molecule has 1 aliphatic carbocycles. The molecule has 0 bridgehead atoms. The van der Waals surface area contributed by atoms with Gasteiger partial charge in [-0.25, -0.2) is 15.0 Å². The number of fused-ring (bicyclic) bond motifs is 1. The Balaban J connectivity index is 1.10. The Labute approximate surface area is 250 Å². The van der Waals surface area contributed by atoms with Crippen LogP contribution in [-0.2, 0) is 11.7 Å². The number of carbonyl (C=O) groups excluding carboxylic acids is 1. The van der Waals surface area contributed by atoms with Crippen LogP contribution in [0.1, 0.15) is 55.3 Å². The summed E-state index contributed by atoms with van der Waals surface area (Å²) in [5, 5.41) is 15.2. The lowest BCUT2D eigenvalue weighted by Gasteiger charge is -2.53. The van der Waals surface area contributed by atoms with Gasteiger partial charge in [-0.2, -0.15) is 28.5 Å². The van der Waals surface area contributed by atoms with Crippen molar-refractivity contribution in [2.24, 2.45) is 0 Å². The fraction of sp³-hybridized carbons (Fsp3) is 0.483. The van der Waals surface area contributed by atoms with Crippen LogP contribution < -0.4 is 4.74 Å². The minimum Gasteiger partial charge on any atom is -0.474 e. The third kappa shape index (κ3) is 5.57. The third-order valence-corrected chi connectivity index (χ3v) is 8.54. The van der Waals surface area contributed by atoms with E-state index >= 15 is 0 Å². The van der Waals surface area contributed by atoms with Crippen LogP contribution in [-0.4, -0.2) is 89.2 Å². The Morgan fingerprint density at radius 2 is 2.00 bits per heavy atom. The third-order valence-electron chi connectivity index (χ3n) is 8.54. The number of aromatic amines is 1. The molecule has 4 aromatic heterocycles. The maximum atomic E-state index is 13.5. The molecule has 0 spiro atoms. The van der Waals surface area contributed by atoms with Crippen LogP contribution in [0, 0.1) is 11.3 Å². The van der Waals surface area contributed by atoms with E-state index in [1.165, 1.54) is 24.3 Å². The number of rotatable bonds is 8. The zero-order chi connectivity index (χ0) is 31.1. The van der Waals surface area contributed by atoms with Gasteiger partial charge in [0.1, 0.15) is 29.3 Å². The predicted octanol–water partition coefficient (Wildman–Crippen LogP) is 4.04. The van der Waals surface area contributed by atoms with Crippen LogP contribution in [0.4, 0.5) is 13.2 Å². The first kappa shape index (κ1) is 29.5. The van der Waals surface area contributed by atoms with E-state index in [-0.39, 0.29) is 23.7 Å². The first-order valence-electron chi connectivity index (χ1n) is 14.4. The lowest BCUT2D eigenvalue weighted by molar-refractivity contribution is -0.145. The van der Waals surface area contributed by atoms with Crippen molar-refractivity contribution in [2.75, 3.05) is 26.7 Å². The average molecular weight is 609 g/mol. The number of ether oxygens (including phenoxy) is 1. The van der Waals surface area contributed by atoms with Crippen molar-refractivity contribution in [1.29, 1.82) is 5.26 Å². The van der Waals surface area contributed by atoms with Crippen molar-refractivity contribution < 1.29 is 22.7 Å². The molecule has 1 aliphatic heterocycles. The molecule has 230 valence electrons. The first-order valence-corrected chi connectivity index (χ1v) is 14.4. The van der Waals surface area contributed by atoms with Gasteiger partial charge in [-0.15, -0.1) is 0 Å². The average Bonchev–Trinajstić information content (AvgIpc) is 3.68. The highest BCUT2D eigenvalue weighted by Crippen LogP contribution is 2.39. The van der Waals surface area contributed by atoms with Crippen molar-refractivity contribution in [3.05, 3.63) is 48.6 Å². The van der Waals surface area contributed by atoms with E-state index in [2.05, 4.69) is 41.0 Å². The van der Waals surface area contributed by atoms with E-state index in [0.29, 0.717) is 38.9 Å². The minimum atomic E-state index is -4.82. The Bertz CT molecular complexity index is 1700. The summed E-state index contributed by atoms with van der Waals surface area (Å²) in [7, 11) is 1.49. The van der Waals surface area contributed by atoms with Crippen LogP contribution in [0.15, 0.2) is 37.1 Å². The molecule has 0 atom stereocenters. The molecule has 1 saturated heterocycles. The van der Waals surface area contributed by atoms with Gasteiger partial charge in [0.15, 0.2) is 0 Å². The van der Waals surface area contributed by atoms with Gasteiger partial charge >= 0.3 is 6.18 Å². The smallest absolute Gasteiger partial charge is 0.451 e. The summed E-state index contributed by atoms with van der Waals surface area (Å²) in [6, 6.07) is 5.66. The van der Waals surface area contributed by atoms with Gasteiger partial charge in [0.25, 0.3) is 5.91 Å². The standard InChI is InChI=1S/C29H31F3N10O2/c1-3-40(2)26(43)22-12-23(39-27(38-22)29(30,31)32)44-20-6-4-19(5-7-20)41-15-28(16-41,9-10-33)42-14-18(13-37-42)24-21-8-11-34-25(21)36-17-35-24/h8,11-14,17,19-20H,3-7,9,15-16H2,1-2H3,(H,34,35,36)/t19-,20+. The van der Waals surface area contributed by atoms with Crippen molar-refractivity contribution >= 4 is 16.9 Å². The van der Waals surface area contributed by atoms with E-state index in [1.807, 2.05) is 23.1 Å². The van der Waals surface area contributed by atoms with Crippen LogP contribution in [0.2, 0.25) is 0 Å². The topological polar surface area (TPSA) is 142 Å². The number of amides is 1. The number of nitriles is 1. The first-order chi connectivity index (χ1) is 21.1. The molecule has 44 heavy (non-hydrogen) atoms. The summed E-state index contributed by atoms with van der Waals surface area (Å²) in [5.74, 6) is -2.28. The van der Waals surface area contributed by atoms with E-state index in [0.717, 1.165) is 35.1 Å². The molecule has 1 N–H and O–H groups in total. The number of alkyl halides is 3. The second-order valence-electron chi connectivity index (χ2n) is 11.4. The zero-order valence-corrected chi connectivity index (χ0v) is 24.3. The highest BCUT2D eigenvalue weighted by atomic mass is 19.4. The van der Waals surface area contributed by atoms with Gasteiger partial charge in [0.2, 0.25) is 11.7 Å². The second-order valence-corrected chi connectivity index (χ2v) is 11.4. The molecule has 2 aliphatic rings. The largest absolute Gasteiger partial charge is 0.474 e. The predicted molar refractivity (Wildman–Crippen MR) is 151 cm³/mol. The van der Waals surface area contributed by atoms with Crippen molar-refractivity contribution in [3.8, 4) is 23.2 Å². The van der Waals surface area contributed by atoms with Gasteiger partial charge in [-0.3, -0.25) is 14.4 Å². The Kier molecular flexibility index (Phi) is 7.70. The molecule has 0 radical (unpaired) electrons. The van der Waals surface area contributed by atoms with Crippen molar-refractivity contribution in [2.45, 2.75) is 62.9 Å². The summed E-state index contributed by atoms with van der Waals surface area (Å²) in [4.78, 5) is 34.9. The second kappa shape index (κ2) is 11.5. The van der Waals surface area contributed by atoms with Crippen LogP contribution in [0.3, 0.4) is 0 Å². The fourth-order valence-electron chi connectivity index (χ4n) is 6.02. The SMILES string of the molecule is CCN(C)C(=O)c1cc(O[C@H]2CC[C@@H](N3CC(CC#N)(n4cc(-c5ncnc6[nH]ccc56)cn4)C3)CC2)nc(C(F)(F)F)n1. The molecular formula is C29H31F3N10O2. The lowest BCUT2D eigenvalue weighted by Crippen LogP contribution is -2.65. The summed E-state index contributed by atoms with van der Waals surface area (Å²) in [6.45, 7) is 3.34. The Morgan fingerprint density at radius 1 is 1.23 bits per heavy atom. The maximum absolute atomic E-state index is 13.5. The molecule has 5 heterocycles. The number of likely N-dealkylation sites (tertiary alicyclic amines) is 1. The van der Waals surface area contributed by atoms with Gasteiger partial charge in [-0.1, -0.05) is 0 Å². The van der Waals surface area contributed by atoms with Crippen LogP contribution in [0.5, 0.6) is 5.88 Å². The fourth-order valence-corrected chi connectivity index (χ4v) is 6.02. The molecule has 15 heteroatoms. The maximum Gasteiger partial charge on any atom is 0.451 e. The highest BCUT2D eigenvalue weighted by molar-refractivity contribution is 5.92. The summed E-state index contributed by atoms with van der Waals surface area (Å²) in [5.41, 5.74) is 1.53. The number of nitrogens with zero attached hydrogens (tertiary/aromatic N) is 9. The summed E-state index contributed by atoms with van der Waals surface area (Å²) in [6.07, 6.45) is 4.92. The molecule has 0 aromatic carbocycles. The van der Waals surface area contributed by atoms with E-state index < -0.39 is 23.4 Å². The molecule has 4 aromatic rings. The number of hydrogen-bond acceptors (Lipinski definition) is 9. The van der Waals surface area contributed by atoms with Gasteiger partial charge in [0, 0.05) is 62.1 Å². The summed E-state index contributed by atoms with van der Waals surface area (Å²) < 4.78 is 48.2. The molecule has 12 nitrogen and oxygen atoms in total. The number of nitrogens with one attached hydrogen (secondary N) is 1. The van der Waals surface area contributed by atoms with E-state index in [1.54, 1.807) is 13.1 Å². The van der Waals surface area contributed by atoms with E-state index in [4.69, 9.17) is 4.74 Å². The molecule has 2 fully saturated rings. The number of hydrogen-bond donors (Lipinski definition) is 1. The molecule has 6 rings (SSSR count). The van der Waals surface area contributed by atoms with Crippen LogP contribution in [0.25, 0.3) is 22.3 Å². The number of aromatic nitrogens is 7. The molecular weight excluding hydrogens is 577 g/mol. The minimum absolute atomic E-state index is 0.240. The number of H-pyrrole nitrogens is 1. The normalized spacial score (nSPS) is 20.2. The zero-order valence-electron chi connectivity index (χ0n) is 24.3. The van der Waals surface area contributed by atoms with Crippen molar-refractivity contribution in [3.63, 3.8) is 0 Å². The van der Waals surface area contributed by atoms with Crippen LogP contribution >= 0.6 is 0 Å².